The number of nitrogens with one attached hydrogen (secondary N) is 3. The van der Waals surface area contributed by atoms with Crippen LogP contribution in [0.25, 0.3) is 11.6 Å². The van der Waals surface area contributed by atoms with Crippen molar-refractivity contribution in [2.45, 2.75) is 31.6 Å². The Balaban J connectivity index is 0.00000208. The first-order chi connectivity index (χ1) is 11.3. The van der Waals surface area contributed by atoms with Crippen molar-refractivity contribution in [2.75, 3.05) is 18.8 Å². The summed E-state index contributed by atoms with van der Waals surface area (Å²) in [4.78, 5) is 8.96. The largest absolute Gasteiger partial charge is 0.461 e. The van der Waals surface area contributed by atoms with Crippen LogP contribution in [0.4, 0.5) is 0 Å². The predicted molar refractivity (Wildman–Crippen MR) is 108 cm³/mol. The molecule has 1 atom stereocenters. The summed E-state index contributed by atoms with van der Waals surface area (Å²) in [5.74, 6) is 4.01. The van der Waals surface area contributed by atoms with Crippen LogP contribution >= 0.6 is 35.7 Å². The number of nitrogens with zero attached hydrogens (tertiary/aromatic N) is 3. The molecule has 2 aromatic rings. The van der Waals surface area contributed by atoms with Gasteiger partial charge in [-0.15, -0.1) is 29.1 Å². The minimum atomic E-state index is 0. The first kappa shape index (κ1) is 19.1. The van der Waals surface area contributed by atoms with Crippen LogP contribution in [-0.4, -0.2) is 45.2 Å². The lowest BCUT2D eigenvalue weighted by molar-refractivity contribution is 0.577. The quantitative estimate of drug-likeness (QED) is 0.348. The van der Waals surface area contributed by atoms with Gasteiger partial charge in [0.2, 0.25) is 5.82 Å². The zero-order valence-corrected chi connectivity index (χ0v) is 16.8. The summed E-state index contributed by atoms with van der Waals surface area (Å²) < 4.78 is 5.28. The van der Waals surface area contributed by atoms with Crippen molar-refractivity contribution in [1.29, 1.82) is 0 Å². The van der Waals surface area contributed by atoms with Crippen LogP contribution in [-0.2, 0) is 6.54 Å². The number of H-pyrrole nitrogens is 1. The second-order valence-corrected chi connectivity index (χ2v) is 6.70. The van der Waals surface area contributed by atoms with E-state index in [0.29, 0.717) is 29.2 Å². The third kappa shape index (κ3) is 5.40. The molecule has 0 amide bonds. The van der Waals surface area contributed by atoms with Crippen LogP contribution in [0.5, 0.6) is 0 Å². The molecule has 3 rings (SSSR count). The van der Waals surface area contributed by atoms with Gasteiger partial charge in [0.25, 0.3) is 0 Å². The normalized spacial score (nSPS) is 17.5. The molecule has 3 N–H and O–H groups in total. The SMILES string of the molecule is CCNC(=NCc1nc(-c2ccco2)n[nH]1)NCC1CCCS1.I. The molecule has 3 heterocycles. The van der Waals surface area contributed by atoms with Gasteiger partial charge in [0.05, 0.1) is 6.26 Å². The number of halogens is 1. The van der Waals surface area contributed by atoms with E-state index < -0.39 is 0 Å². The van der Waals surface area contributed by atoms with Crippen LogP contribution in [0.15, 0.2) is 27.8 Å². The lowest BCUT2D eigenvalue weighted by Crippen LogP contribution is -2.40. The van der Waals surface area contributed by atoms with Gasteiger partial charge >= 0.3 is 0 Å². The van der Waals surface area contributed by atoms with Crippen molar-refractivity contribution < 1.29 is 4.42 Å². The van der Waals surface area contributed by atoms with Crippen molar-refractivity contribution in [3.63, 3.8) is 0 Å². The molecule has 0 saturated carbocycles. The average Bonchev–Trinajstić information content (AvgIpc) is 3.32. The lowest BCUT2D eigenvalue weighted by atomic mass is 10.2. The zero-order chi connectivity index (χ0) is 15.9. The molecule has 0 aliphatic carbocycles. The second kappa shape index (κ2) is 9.92. The van der Waals surface area contributed by atoms with E-state index in [-0.39, 0.29) is 24.0 Å². The highest BCUT2D eigenvalue weighted by atomic mass is 127. The maximum Gasteiger partial charge on any atom is 0.216 e. The molecule has 2 aromatic heterocycles. The maximum atomic E-state index is 5.28. The third-order valence-corrected chi connectivity index (χ3v) is 4.92. The number of hydrogen-bond acceptors (Lipinski definition) is 5. The van der Waals surface area contributed by atoms with E-state index in [0.717, 1.165) is 19.0 Å². The van der Waals surface area contributed by atoms with Crippen molar-refractivity contribution in [1.82, 2.24) is 25.8 Å². The van der Waals surface area contributed by atoms with E-state index >= 15 is 0 Å². The number of aliphatic imine (C=N–C) groups is 1. The molecule has 132 valence electrons. The molecule has 0 spiro atoms. The number of furan rings is 1. The molecule has 0 aromatic carbocycles. The maximum absolute atomic E-state index is 5.28. The van der Waals surface area contributed by atoms with E-state index in [2.05, 4.69) is 37.7 Å². The highest BCUT2D eigenvalue weighted by molar-refractivity contribution is 14.0. The minimum absolute atomic E-state index is 0. The first-order valence-corrected chi connectivity index (χ1v) is 8.99. The van der Waals surface area contributed by atoms with E-state index in [1.54, 1.807) is 6.26 Å². The summed E-state index contributed by atoms with van der Waals surface area (Å²) in [7, 11) is 0. The third-order valence-electron chi connectivity index (χ3n) is 3.53. The van der Waals surface area contributed by atoms with Crippen molar-refractivity contribution in [2.24, 2.45) is 4.99 Å². The van der Waals surface area contributed by atoms with Crippen LogP contribution in [0.2, 0.25) is 0 Å². The van der Waals surface area contributed by atoms with Gasteiger partial charge in [-0.1, -0.05) is 0 Å². The summed E-state index contributed by atoms with van der Waals surface area (Å²) in [6.45, 7) is 4.29. The number of hydrogen-bond donors (Lipinski definition) is 3. The summed E-state index contributed by atoms with van der Waals surface area (Å²) >= 11 is 2.03. The minimum Gasteiger partial charge on any atom is -0.461 e. The number of thioether (sulfide) groups is 1. The molecule has 24 heavy (non-hydrogen) atoms. The number of guanidine groups is 1. The number of aromatic amines is 1. The monoisotopic (exact) mass is 462 g/mol. The Morgan fingerprint density at radius 3 is 3.12 bits per heavy atom. The molecule has 0 radical (unpaired) electrons. The standard InChI is InChI=1S/C15H22N6OS.HI/c1-2-16-15(17-9-11-5-4-8-23-11)18-10-13-19-14(21-20-13)12-6-3-7-22-12;/h3,6-7,11H,2,4-5,8-10H2,1H3,(H2,16,17,18)(H,19,20,21);1H. The highest BCUT2D eigenvalue weighted by Crippen LogP contribution is 2.25. The topological polar surface area (TPSA) is 91.1 Å². The molecule has 1 aliphatic heterocycles. The van der Waals surface area contributed by atoms with Crippen molar-refractivity contribution in [3.8, 4) is 11.6 Å². The average molecular weight is 462 g/mol. The molecule has 0 bridgehead atoms. The van der Waals surface area contributed by atoms with Crippen LogP contribution in [0.1, 0.15) is 25.6 Å². The van der Waals surface area contributed by atoms with E-state index in [4.69, 9.17) is 4.42 Å². The Hall–Kier alpha value is -1.23. The van der Waals surface area contributed by atoms with Gasteiger partial charge in [-0.05, 0) is 37.7 Å². The van der Waals surface area contributed by atoms with Crippen LogP contribution < -0.4 is 10.6 Å². The summed E-state index contributed by atoms with van der Waals surface area (Å²) in [6, 6.07) is 3.65. The Morgan fingerprint density at radius 1 is 1.50 bits per heavy atom. The number of aromatic nitrogens is 3. The second-order valence-electron chi connectivity index (χ2n) is 5.29. The molecule has 1 unspecified atom stereocenters. The fraction of sp³-hybridized carbons (Fsp3) is 0.533. The molecular weight excluding hydrogens is 439 g/mol. The fourth-order valence-electron chi connectivity index (χ4n) is 2.39. The Kier molecular flexibility index (Phi) is 7.89. The van der Waals surface area contributed by atoms with E-state index in [9.17, 15) is 0 Å². The van der Waals surface area contributed by atoms with E-state index in [1.807, 2.05) is 23.9 Å². The van der Waals surface area contributed by atoms with Gasteiger partial charge in [-0.2, -0.15) is 11.8 Å². The van der Waals surface area contributed by atoms with Crippen molar-refractivity contribution >= 4 is 41.7 Å². The predicted octanol–water partition coefficient (Wildman–Crippen LogP) is 2.63. The summed E-state index contributed by atoms with van der Waals surface area (Å²) in [5, 5.41) is 14.4. The zero-order valence-electron chi connectivity index (χ0n) is 13.6. The highest BCUT2D eigenvalue weighted by Gasteiger charge is 2.15. The fourth-order valence-corrected chi connectivity index (χ4v) is 3.59. The van der Waals surface area contributed by atoms with E-state index in [1.165, 1.54) is 18.6 Å². The van der Waals surface area contributed by atoms with Gasteiger partial charge in [0, 0.05) is 18.3 Å². The molecule has 1 aliphatic rings. The summed E-state index contributed by atoms with van der Waals surface area (Å²) in [6.07, 6.45) is 4.21. The number of rotatable bonds is 6. The Bertz CT molecular complexity index is 624. The van der Waals surface area contributed by atoms with Gasteiger partial charge in [-0.25, -0.2) is 9.98 Å². The molecule has 1 saturated heterocycles. The van der Waals surface area contributed by atoms with Gasteiger partial charge in [-0.3, -0.25) is 5.10 Å². The molecular formula is C15H23IN6OS. The van der Waals surface area contributed by atoms with Crippen LogP contribution in [0.3, 0.4) is 0 Å². The molecule has 1 fully saturated rings. The Labute approximate surface area is 162 Å². The van der Waals surface area contributed by atoms with Crippen LogP contribution in [0, 0.1) is 0 Å². The molecule has 9 heteroatoms. The van der Waals surface area contributed by atoms with Gasteiger partial charge < -0.3 is 15.1 Å². The molecule has 7 nitrogen and oxygen atoms in total. The first-order valence-electron chi connectivity index (χ1n) is 7.94. The smallest absolute Gasteiger partial charge is 0.216 e. The summed E-state index contributed by atoms with van der Waals surface area (Å²) in [5.41, 5.74) is 0. The Morgan fingerprint density at radius 2 is 2.42 bits per heavy atom. The van der Waals surface area contributed by atoms with Gasteiger partial charge in [0.15, 0.2) is 11.7 Å². The lowest BCUT2D eigenvalue weighted by Gasteiger charge is -2.14. The van der Waals surface area contributed by atoms with Crippen molar-refractivity contribution in [3.05, 3.63) is 24.2 Å². The van der Waals surface area contributed by atoms with Gasteiger partial charge in [0.1, 0.15) is 12.4 Å².